The summed E-state index contributed by atoms with van der Waals surface area (Å²) in [6.45, 7) is 2.41. The molecule has 0 aliphatic rings. The van der Waals surface area contributed by atoms with Crippen LogP contribution in [-0.4, -0.2) is 6.54 Å². The van der Waals surface area contributed by atoms with Gasteiger partial charge in [0.2, 0.25) is 0 Å². The fourth-order valence-electron chi connectivity index (χ4n) is 1.56. The van der Waals surface area contributed by atoms with E-state index in [0.29, 0.717) is 12.1 Å². The highest BCUT2D eigenvalue weighted by molar-refractivity contribution is 5.21. The molecule has 4 heteroatoms. The van der Waals surface area contributed by atoms with Gasteiger partial charge in [0, 0.05) is 6.04 Å². The van der Waals surface area contributed by atoms with Crippen LogP contribution in [0.3, 0.4) is 0 Å². The van der Waals surface area contributed by atoms with Gasteiger partial charge in [-0.2, -0.15) is 0 Å². The van der Waals surface area contributed by atoms with Crippen molar-refractivity contribution >= 4 is 0 Å². The molecule has 0 aliphatic heterocycles. The van der Waals surface area contributed by atoms with Crippen LogP contribution in [0.1, 0.15) is 24.9 Å². The van der Waals surface area contributed by atoms with Crippen molar-refractivity contribution in [3.8, 4) is 0 Å². The average molecular weight is 214 g/mol. The molecule has 0 aromatic heterocycles. The molecule has 1 aromatic carbocycles. The van der Waals surface area contributed by atoms with E-state index in [1.807, 2.05) is 6.92 Å². The van der Waals surface area contributed by atoms with Gasteiger partial charge in [0.1, 0.15) is 0 Å². The third-order valence-electron chi connectivity index (χ3n) is 2.66. The number of nitrogens with two attached hydrogens (primary N) is 2. The molecule has 2 nitrogen and oxygen atoms in total. The first kappa shape index (κ1) is 12.1. The molecule has 15 heavy (non-hydrogen) atoms. The van der Waals surface area contributed by atoms with Crippen molar-refractivity contribution in [1.29, 1.82) is 0 Å². The van der Waals surface area contributed by atoms with Crippen molar-refractivity contribution in [3.05, 3.63) is 35.4 Å². The van der Waals surface area contributed by atoms with Crippen molar-refractivity contribution in [2.24, 2.45) is 17.4 Å². The molecule has 0 aliphatic carbocycles. The lowest BCUT2D eigenvalue weighted by Crippen LogP contribution is -2.27. The highest BCUT2D eigenvalue weighted by Gasteiger charge is 2.17. The smallest absolute Gasteiger partial charge is 0.159 e. The maximum Gasteiger partial charge on any atom is 0.159 e. The van der Waals surface area contributed by atoms with Crippen molar-refractivity contribution in [2.45, 2.75) is 19.4 Å². The molecule has 0 heterocycles. The normalized spacial score (nSPS) is 15.0. The van der Waals surface area contributed by atoms with Crippen LogP contribution < -0.4 is 11.5 Å². The molecule has 0 radical (unpaired) electrons. The largest absolute Gasteiger partial charge is 0.330 e. The van der Waals surface area contributed by atoms with Gasteiger partial charge in [-0.25, -0.2) is 8.78 Å². The minimum absolute atomic E-state index is 0.0925. The van der Waals surface area contributed by atoms with Gasteiger partial charge < -0.3 is 11.5 Å². The molecule has 2 atom stereocenters. The fraction of sp³-hybridized carbons (Fsp3) is 0.455. The van der Waals surface area contributed by atoms with Crippen molar-refractivity contribution in [3.63, 3.8) is 0 Å². The molecule has 4 N–H and O–H groups in total. The minimum Gasteiger partial charge on any atom is -0.330 e. The number of benzene rings is 1. The molecule has 1 rings (SSSR count). The molecular formula is C11H16F2N2. The number of hydrogen-bond donors (Lipinski definition) is 2. The van der Waals surface area contributed by atoms with Crippen LogP contribution in [-0.2, 0) is 0 Å². The summed E-state index contributed by atoms with van der Waals surface area (Å²) in [5.41, 5.74) is 12.0. The lowest BCUT2D eigenvalue weighted by atomic mass is 9.92. The van der Waals surface area contributed by atoms with Gasteiger partial charge in [-0.1, -0.05) is 19.4 Å². The van der Waals surface area contributed by atoms with E-state index in [4.69, 9.17) is 11.5 Å². The summed E-state index contributed by atoms with van der Waals surface area (Å²) in [6, 6.07) is 3.39. The van der Waals surface area contributed by atoms with E-state index in [1.165, 1.54) is 6.07 Å². The van der Waals surface area contributed by atoms with E-state index in [1.54, 1.807) is 0 Å². The Kier molecular flexibility index (Phi) is 4.17. The first-order valence-corrected chi connectivity index (χ1v) is 5.00. The molecule has 0 fully saturated rings. The zero-order valence-electron chi connectivity index (χ0n) is 8.71. The van der Waals surface area contributed by atoms with Gasteiger partial charge in [-0.05, 0) is 30.2 Å². The van der Waals surface area contributed by atoms with Gasteiger partial charge in [-0.15, -0.1) is 0 Å². The maximum absolute atomic E-state index is 12.9. The van der Waals surface area contributed by atoms with Gasteiger partial charge in [0.25, 0.3) is 0 Å². The monoisotopic (exact) mass is 214 g/mol. The third-order valence-corrected chi connectivity index (χ3v) is 2.66. The van der Waals surface area contributed by atoms with E-state index in [2.05, 4.69) is 0 Å². The minimum atomic E-state index is -0.866. The number of halogens is 2. The van der Waals surface area contributed by atoms with E-state index >= 15 is 0 Å². The molecule has 0 amide bonds. The molecule has 1 aromatic rings. The first-order valence-electron chi connectivity index (χ1n) is 5.00. The van der Waals surface area contributed by atoms with Crippen LogP contribution in [0.15, 0.2) is 18.2 Å². The standard InChI is InChI=1S/C11H16F2N2/c1-2-7(6-14)11(15)8-3-4-9(12)10(13)5-8/h3-5,7,11H,2,6,14-15H2,1H3. The summed E-state index contributed by atoms with van der Waals surface area (Å²) in [5, 5.41) is 0. The summed E-state index contributed by atoms with van der Waals surface area (Å²) in [6.07, 6.45) is 0.816. The SMILES string of the molecule is CCC(CN)C(N)c1ccc(F)c(F)c1. The third kappa shape index (κ3) is 2.73. The molecule has 0 bridgehead atoms. The van der Waals surface area contributed by atoms with Crippen LogP contribution in [0.4, 0.5) is 8.78 Å². The molecule has 84 valence electrons. The second-order valence-electron chi connectivity index (χ2n) is 3.60. The number of rotatable bonds is 4. The molecule has 0 saturated heterocycles. The second-order valence-corrected chi connectivity index (χ2v) is 3.60. The predicted molar refractivity (Wildman–Crippen MR) is 56.1 cm³/mol. The second kappa shape index (κ2) is 5.19. The summed E-state index contributed by atoms with van der Waals surface area (Å²) in [4.78, 5) is 0. The Morgan fingerprint density at radius 2 is 1.93 bits per heavy atom. The van der Waals surface area contributed by atoms with Gasteiger partial charge in [0.15, 0.2) is 11.6 Å². The highest BCUT2D eigenvalue weighted by Crippen LogP contribution is 2.22. The Morgan fingerprint density at radius 1 is 1.27 bits per heavy atom. The maximum atomic E-state index is 12.9. The Balaban J connectivity index is 2.90. The van der Waals surface area contributed by atoms with Crippen LogP contribution in [0, 0.1) is 17.6 Å². The van der Waals surface area contributed by atoms with Crippen LogP contribution >= 0.6 is 0 Å². The highest BCUT2D eigenvalue weighted by atomic mass is 19.2. The summed E-state index contributed by atoms with van der Waals surface area (Å²) >= 11 is 0. The Hall–Kier alpha value is -1.00. The van der Waals surface area contributed by atoms with E-state index < -0.39 is 11.6 Å². The number of hydrogen-bond acceptors (Lipinski definition) is 2. The quantitative estimate of drug-likeness (QED) is 0.804. The van der Waals surface area contributed by atoms with E-state index in [-0.39, 0.29) is 12.0 Å². The zero-order chi connectivity index (χ0) is 11.4. The summed E-state index contributed by atoms with van der Waals surface area (Å²) in [5.74, 6) is -1.63. The average Bonchev–Trinajstić information content (AvgIpc) is 2.23. The topological polar surface area (TPSA) is 52.0 Å². The van der Waals surface area contributed by atoms with Crippen LogP contribution in [0.2, 0.25) is 0 Å². The van der Waals surface area contributed by atoms with Crippen molar-refractivity contribution in [2.75, 3.05) is 6.54 Å². The van der Waals surface area contributed by atoms with E-state index in [0.717, 1.165) is 18.6 Å². The molecule has 0 spiro atoms. The summed E-state index contributed by atoms with van der Waals surface area (Å²) in [7, 11) is 0. The lowest BCUT2D eigenvalue weighted by molar-refractivity contribution is 0.424. The first-order chi connectivity index (χ1) is 7.10. The lowest BCUT2D eigenvalue weighted by Gasteiger charge is -2.21. The van der Waals surface area contributed by atoms with Gasteiger partial charge in [-0.3, -0.25) is 0 Å². The van der Waals surface area contributed by atoms with Crippen molar-refractivity contribution in [1.82, 2.24) is 0 Å². The molecule has 2 unspecified atom stereocenters. The Bertz CT molecular complexity index is 324. The van der Waals surface area contributed by atoms with Gasteiger partial charge in [0.05, 0.1) is 0 Å². The zero-order valence-corrected chi connectivity index (χ0v) is 8.71. The van der Waals surface area contributed by atoms with Crippen LogP contribution in [0.5, 0.6) is 0 Å². The van der Waals surface area contributed by atoms with Crippen LogP contribution in [0.25, 0.3) is 0 Å². The predicted octanol–water partition coefficient (Wildman–Crippen LogP) is 1.95. The van der Waals surface area contributed by atoms with E-state index in [9.17, 15) is 8.78 Å². The molecular weight excluding hydrogens is 198 g/mol. The Morgan fingerprint density at radius 3 is 2.40 bits per heavy atom. The molecule has 0 saturated carbocycles. The Labute approximate surface area is 88.3 Å². The fourth-order valence-corrected chi connectivity index (χ4v) is 1.56. The summed E-state index contributed by atoms with van der Waals surface area (Å²) < 4.78 is 25.6. The van der Waals surface area contributed by atoms with Crippen molar-refractivity contribution < 1.29 is 8.78 Å². The van der Waals surface area contributed by atoms with Gasteiger partial charge >= 0.3 is 0 Å².